The van der Waals surface area contributed by atoms with Gasteiger partial charge < -0.3 is 30.2 Å². The zero-order valence-corrected chi connectivity index (χ0v) is 27.5. The summed E-state index contributed by atoms with van der Waals surface area (Å²) in [4.78, 5) is 25.4. The molecule has 2 saturated heterocycles. The van der Waals surface area contributed by atoms with Crippen molar-refractivity contribution in [2.75, 3.05) is 46.1 Å². The maximum atomic E-state index is 17.0. The number of thiophene rings is 1. The lowest BCUT2D eigenvalue weighted by Gasteiger charge is -2.26. The lowest BCUT2D eigenvalue weighted by atomic mass is 9.96. The van der Waals surface area contributed by atoms with Crippen LogP contribution in [0.2, 0.25) is 5.02 Å². The van der Waals surface area contributed by atoms with Crippen LogP contribution in [0.15, 0.2) is 12.1 Å². The van der Waals surface area contributed by atoms with Gasteiger partial charge in [0.25, 0.3) is 0 Å². The van der Waals surface area contributed by atoms with Crippen LogP contribution in [0.4, 0.5) is 18.6 Å². The summed E-state index contributed by atoms with van der Waals surface area (Å²) in [6.07, 6.45) is 1.72. The third-order valence-electron chi connectivity index (χ3n) is 9.44. The molecule has 5 heterocycles. The predicted molar refractivity (Wildman–Crippen MR) is 174 cm³/mol. The molecule has 2 aromatic heterocycles. The molecule has 4 aromatic rings. The molecule has 47 heavy (non-hydrogen) atoms. The monoisotopic (exact) mass is 683 g/mol. The summed E-state index contributed by atoms with van der Waals surface area (Å²) in [7, 11) is 3.60. The maximum absolute atomic E-state index is 17.0. The summed E-state index contributed by atoms with van der Waals surface area (Å²) in [6, 6.07) is 4.41. The number of fused-ring (bicyclic) bond motifs is 1. The van der Waals surface area contributed by atoms with Crippen LogP contribution in [0, 0.1) is 28.9 Å². The molecular formula is C32H32ClF2N7O4S. The number of nitrogen functional groups attached to an aromatic ring is 1. The van der Waals surface area contributed by atoms with Gasteiger partial charge in [-0.1, -0.05) is 17.7 Å². The van der Waals surface area contributed by atoms with E-state index in [1.807, 2.05) is 20.0 Å². The van der Waals surface area contributed by atoms with Gasteiger partial charge in [-0.2, -0.15) is 15.2 Å². The second-order valence-electron chi connectivity index (χ2n) is 12.1. The van der Waals surface area contributed by atoms with E-state index >= 15 is 4.39 Å². The first-order valence-electron chi connectivity index (χ1n) is 15.4. The van der Waals surface area contributed by atoms with E-state index in [-0.39, 0.29) is 96.0 Å². The van der Waals surface area contributed by atoms with Crippen molar-refractivity contribution in [2.24, 2.45) is 5.92 Å². The highest BCUT2D eigenvalue weighted by atomic mass is 35.5. The van der Waals surface area contributed by atoms with Crippen molar-refractivity contribution in [1.82, 2.24) is 25.1 Å². The molecular weight excluding hydrogens is 652 g/mol. The molecule has 2 unspecified atom stereocenters. The number of urea groups is 1. The number of nitriles is 1. The zero-order valence-electron chi connectivity index (χ0n) is 25.9. The van der Waals surface area contributed by atoms with Crippen LogP contribution in [0.1, 0.15) is 31.7 Å². The summed E-state index contributed by atoms with van der Waals surface area (Å²) < 4.78 is 51.1. The van der Waals surface area contributed by atoms with Crippen LogP contribution in [-0.2, 0) is 0 Å². The highest BCUT2D eigenvalue weighted by Crippen LogP contribution is 2.51. The van der Waals surface area contributed by atoms with Crippen molar-refractivity contribution in [1.29, 1.82) is 5.26 Å². The normalized spacial score (nSPS) is 21.7. The molecule has 0 radical (unpaired) electrons. The number of carbonyl (C=O) groups excluding carboxylic acids is 1. The van der Waals surface area contributed by atoms with Gasteiger partial charge in [-0.05, 0) is 51.4 Å². The number of hydrogen-bond acceptors (Lipinski definition) is 10. The molecule has 3 N–H and O–H groups in total. The van der Waals surface area contributed by atoms with Crippen LogP contribution in [0.5, 0.6) is 17.6 Å². The standard InChI is InChI=1S/C32H32ClF2N7O4S/c1-14(19-5-4-9-41(19)3)45-31-39-26-23-27(44-13-20(46-30(23)40-31)15-8-10-42(12-15)32(43)38-2)24(33)22(25(26)35)16-6-7-18(34)28-21(16)17(11-36)29(37)47-28/h6-7,14-15,19-20H,4-5,8-10,12-13,37H2,1-3H3,(H,38,43)/t14-,15?,19-,20?/m0/s1. The summed E-state index contributed by atoms with van der Waals surface area (Å²) >= 11 is 7.89. The molecule has 246 valence electrons. The fourth-order valence-corrected chi connectivity index (χ4v) is 8.31. The second-order valence-corrected chi connectivity index (χ2v) is 13.6. The minimum Gasteiger partial charge on any atom is -0.487 e. The van der Waals surface area contributed by atoms with Gasteiger partial charge in [-0.3, -0.25) is 4.90 Å². The van der Waals surface area contributed by atoms with Crippen molar-refractivity contribution in [2.45, 2.75) is 44.4 Å². The number of nitrogens with zero attached hydrogens (tertiary/aromatic N) is 5. The van der Waals surface area contributed by atoms with Crippen LogP contribution >= 0.6 is 22.9 Å². The van der Waals surface area contributed by atoms with Gasteiger partial charge in [0.2, 0.25) is 5.88 Å². The predicted octanol–water partition coefficient (Wildman–Crippen LogP) is 5.56. The second kappa shape index (κ2) is 12.1. The molecule has 7 rings (SSSR count). The third kappa shape index (κ3) is 5.21. The van der Waals surface area contributed by atoms with Gasteiger partial charge in [0.15, 0.2) is 11.6 Å². The van der Waals surface area contributed by atoms with E-state index in [4.69, 9.17) is 31.5 Å². The lowest BCUT2D eigenvalue weighted by Crippen LogP contribution is -2.39. The Hall–Kier alpha value is -4.19. The average molecular weight is 684 g/mol. The van der Waals surface area contributed by atoms with Crippen molar-refractivity contribution in [3.05, 3.63) is 34.4 Å². The molecule has 11 nitrogen and oxygen atoms in total. The molecule has 15 heteroatoms. The van der Waals surface area contributed by atoms with E-state index in [9.17, 15) is 14.4 Å². The number of nitrogens with one attached hydrogen (secondary N) is 1. The molecule has 3 aliphatic rings. The summed E-state index contributed by atoms with van der Waals surface area (Å²) in [5.74, 6) is -1.42. The van der Waals surface area contributed by atoms with Gasteiger partial charge >= 0.3 is 12.0 Å². The van der Waals surface area contributed by atoms with E-state index in [2.05, 4.69) is 20.2 Å². The van der Waals surface area contributed by atoms with E-state index < -0.39 is 17.7 Å². The molecule has 2 amide bonds. The van der Waals surface area contributed by atoms with Crippen LogP contribution in [0.3, 0.4) is 0 Å². The number of likely N-dealkylation sites (tertiary alicyclic amines) is 2. The van der Waals surface area contributed by atoms with E-state index in [1.165, 1.54) is 12.1 Å². The number of ether oxygens (including phenoxy) is 3. The Labute approximate surface area is 278 Å². The fraction of sp³-hybridized carbons (Fsp3) is 0.438. The number of likely N-dealkylation sites (N-methyl/N-ethyl adjacent to an activating group) is 1. The van der Waals surface area contributed by atoms with Gasteiger partial charge in [-0.25, -0.2) is 13.6 Å². The number of carbonyl (C=O) groups is 1. The maximum Gasteiger partial charge on any atom is 0.320 e. The molecule has 2 aromatic carbocycles. The SMILES string of the molecule is CNC(=O)N1CCC(C2COc3c(Cl)c(-c4ccc(F)c5sc(N)c(C#N)c45)c(F)c4nc(O[C@@H](C)[C@@H]5CCCN5C)nc(c34)O2)C1. The van der Waals surface area contributed by atoms with Crippen molar-refractivity contribution in [3.63, 3.8) is 0 Å². The highest BCUT2D eigenvalue weighted by molar-refractivity contribution is 7.23. The van der Waals surface area contributed by atoms with Gasteiger partial charge in [0, 0.05) is 43.0 Å². The third-order valence-corrected chi connectivity index (χ3v) is 10.8. The van der Waals surface area contributed by atoms with Crippen molar-refractivity contribution in [3.8, 4) is 34.8 Å². The van der Waals surface area contributed by atoms with Crippen molar-refractivity contribution >= 4 is 55.0 Å². The van der Waals surface area contributed by atoms with Crippen molar-refractivity contribution < 1.29 is 27.8 Å². The van der Waals surface area contributed by atoms with Gasteiger partial charge in [-0.15, -0.1) is 11.3 Å². The number of aromatic nitrogens is 2. The largest absolute Gasteiger partial charge is 0.487 e. The van der Waals surface area contributed by atoms with Gasteiger partial charge in [0.05, 0.1) is 15.3 Å². The quantitative estimate of drug-likeness (QED) is 0.277. The van der Waals surface area contributed by atoms with Crippen LogP contribution < -0.4 is 25.3 Å². The molecule has 0 bridgehead atoms. The minimum atomic E-state index is -0.841. The average Bonchev–Trinajstić information content (AvgIpc) is 3.77. The summed E-state index contributed by atoms with van der Waals surface area (Å²) in [6.45, 7) is 3.83. The number of rotatable bonds is 5. The number of anilines is 1. The zero-order chi connectivity index (χ0) is 33.1. The molecule has 0 spiro atoms. The number of benzene rings is 2. The Morgan fingerprint density at radius 3 is 2.81 bits per heavy atom. The first-order chi connectivity index (χ1) is 22.6. The van der Waals surface area contributed by atoms with Crippen LogP contribution in [0.25, 0.3) is 32.1 Å². The Balaban J connectivity index is 1.40. The summed E-state index contributed by atoms with van der Waals surface area (Å²) in [5.41, 5.74) is 5.98. The molecule has 3 aliphatic heterocycles. The first kappa shape index (κ1) is 31.4. The first-order valence-corrected chi connectivity index (χ1v) is 16.6. The minimum absolute atomic E-state index is 0.0223. The smallest absolute Gasteiger partial charge is 0.320 e. The fourth-order valence-electron chi connectivity index (χ4n) is 7.02. The topological polar surface area (TPSA) is 139 Å². The Morgan fingerprint density at radius 2 is 2.09 bits per heavy atom. The van der Waals surface area contributed by atoms with E-state index in [0.29, 0.717) is 19.5 Å². The van der Waals surface area contributed by atoms with Crippen LogP contribution in [-0.4, -0.2) is 84.4 Å². The number of nitrogens with two attached hydrogens (primary N) is 1. The Kier molecular flexibility index (Phi) is 8.10. The van der Waals surface area contributed by atoms with Gasteiger partial charge in [0.1, 0.15) is 46.6 Å². The Morgan fingerprint density at radius 1 is 1.28 bits per heavy atom. The number of halogens is 3. The number of hydrogen-bond donors (Lipinski definition) is 2. The number of amides is 2. The lowest BCUT2D eigenvalue weighted by molar-refractivity contribution is 0.0825. The highest BCUT2D eigenvalue weighted by Gasteiger charge is 2.38. The van der Waals surface area contributed by atoms with E-state index in [1.54, 1.807) is 11.9 Å². The van der Waals surface area contributed by atoms with E-state index in [0.717, 1.165) is 30.7 Å². The Bertz CT molecular complexity index is 1970. The molecule has 4 atom stereocenters. The summed E-state index contributed by atoms with van der Waals surface area (Å²) in [5, 5.41) is 12.8. The molecule has 2 fully saturated rings. The molecule has 0 aliphatic carbocycles. The molecule has 0 saturated carbocycles.